The van der Waals surface area contributed by atoms with E-state index in [1.165, 1.54) is 29.7 Å². The van der Waals surface area contributed by atoms with E-state index in [9.17, 15) is 24.6 Å². The number of carbonyl (C=O) groups excluding carboxylic acids is 3. The van der Waals surface area contributed by atoms with E-state index in [1.54, 1.807) is 42.5 Å². The minimum absolute atomic E-state index is 0.0145. The van der Waals surface area contributed by atoms with Crippen LogP contribution in [0.5, 0.6) is 5.75 Å². The molecule has 1 unspecified atom stereocenters. The summed E-state index contributed by atoms with van der Waals surface area (Å²) in [5.41, 5.74) is 4.42. The van der Waals surface area contributed by atoms with Gasteiger partial charge in [-0.3, -0.25) is 9.59 Å². The molecular weight excluding hydrogens is 470 g/mol. The van der Waals surface area contributed by atoms with Crippen LogP contribution >= 0.6 is 0 Å². The molecule has 1 aliphatic carbocycles. The molecule has 37 heavy (non-hydrogen) atoms. The van der Waals surface area contributed by atoms with Gasteiger partial charge in [0.25, 0.3) is 11.7 Å². The van der Waals surface area contributed by atoms with Gasteiger partial charge < -0.3 is 19.8 Å². The second kappa shape index (κ2) is 9.93. The zero-order chi connectivity index (χ0) is 26.1. The summed E-state index contributed by atoms with van der Waals surface area (Å²) < 4.78 is 4.74. The summed E-state index contributed by atoms with van der Waals surface area (Å²) in [7, 11) is 1.30. The van der Waals surface area contributed by atoms with Crippen LogP contribution in [0.15, 0.2) is 72.3 Å². The smallest absolute Gasteiger partial charge is 0.337 e. The number of aliphatic hydroxyl groups is 1. The van der Waals surface area contributed by atoms with E-state index < -0.39 is 23.7 Å². The van der Waals surface area contributed by atoms with Gasteiger partial charge in [-0.25, -0.2) is 4.79 Å². The molecule has 7 nitrogen and oxygen atoms in total. The van der Waals surface area contributed by atoms with E-state index in [-0.39, 0.29) is 23.6 Å². The lowest BCUT2D eigenvalue weighted by Gasteiger charge is -2.26. The monoisotopic (exact) mass is 497 g/mol. The van der Waals surface area contributed by atoms with Gasteiger partial charge in [-0.2, -0.15) is 0 Å². The van der Waals surface area contributed by atoms with Crippen molar-refractivity contribution in [2.24, 2.45) is 0 Å². The van der Waals surface area contributed by atoms with Gasteiger partial charge in [0.2, 0.25) is 0 Å². The summed E-state index contributed by atoms with van der Waals surface area (Å²) >= 11 is 0. The summed E-state index contributed by atoms with van der Waals surface area (Å²) in [4.78, 5) is 39.8. The third kappa shape index (κ3) is 4.60. The fourth-order valence-corrected chi connectivity index (χ4v) is 5.18. The third-order valence-corrected chi connectivity index (χ3v) is 7.08. The Kier molecular flexibility index (Phi) is 6.53. The molecule has 1 fully saturated rings. The van der Waals surface area contributed by atoms with Crippen molar-refractivity contribution < 1.29 is 29.3 Å². The van der Waals surface area contributed by atoms with E-state index >= 15 is 0 Å². The second-order valence-corrected chi connectivity index (χ2v) is 9.40. The van der Waals surface area contributed by atoms with Crippen molar-refractivity contribution in [1.29, 1.82) is 0 Å². The van der Waals surface area contributed by atoms with Crippen molar-refractivity contribution in [3.8, 4) is 5.75 Å². The highest BCUT2D eigenvalue weighted by Crippen LogP contribution is 2.41. The van der Waals surface area contributed by atoms with Crippen molar-refractivity contribution in [3.63, 3.8) is 0 Å². The van der Waals surface area contributed by atoms with Crippen LogP contribution in [0.1, 0.15) is 57.1 Å². The Hall–Kier alpha value is -4.39. The fraction of sp³-hybridized carbons (Fsp3) is 0.233. The molecule has 0 aromatic heterocycles. The number of phenolic OH excluding ortho intramolecular Hbond substituents is 1. The number of hydrogen-bond acceptors (Lipinski definition) is 6. The molecule has 1 aliphatic heterocycles. The Balaban J connectivity index is 1.58. The lowest BCUT2D eigenvalue weighted by atomic mass is 9.88. The van der Waals surface area contributed by atoms with E-state index in [2.05, 4.69) is 0 Å². The third-order valence-electron chi connectivity index (χ3n) is 7.08. The molecule has 0 bridgehead atoms. The normalized spacial score (nSPS) is 18.5. The number of ketones is 1. The molecule has 7 heteroatoms. The Bertz CT molecular complexity index is 1420. The fourth-order valence-electron chi connectivity index (χ4n) is 5.18. The van der Waals surface area contributed by atoms with Gasteiger partial charge in [-0.15, -0.1) is 0 Å². The highest BCUT2D eigenvalue weighted by Gasteiger charge is 2.46. The number of hydrogen-bond donors (Lipinski definition) is 2. The molecule has 2 aliphatic rings. The predicted octanol–water partition coefficient (Wildman–Crippen LogP) is 4.68. The number of aliphatic hydroxyl groups excluding tert-OH is 1. The minimum Gasteiger partial charge on any atom is -0.508 e. The van der Waals surface area contributed by atoms with Crippen molar-refractivity contribution in [3.05, 3.63) is 106 Å². The molecule has 3 aromatic carbocycles. The highest BCUT2D eigenvalue weighted by atomic mass is 16.5. The van der Waals surface area contributed by atoms with E-state index in [1.807, 2.05) is 12.1 Å². The lowest BCUT2D eigenvalue weighted by Crippen LogP contribution is -2.29. The molecule has 1 heterocycles. The summed E-state index contributed by atoms with van der Waals surface area (Å²) in [5.74, 6) is -2.25. The van der Waals surface area contributed by atoms with Crippen LogP contribution in [0, 0.1) is 0 Å². The molecular formula is C30H27NO6. The first-order chi connectivity index (χ1) is 17.9. The number of phenols is 1. The van der Waals surface area contributed by atoms with Gasteiger partial charge in [0, 0.05) is 12.1 Å². The highest BCUT2D eigenvalue weighted by molar-refractivity contribution is 6.46. The van der Waals surface area contributed by atoms with Crippen molar-refractivity contribution in [1.82, 2.24) is 4.90 Å². The molecule has 188 valence electrons. The maximum absolute atomic E-state index is 13.3. The van der Waals surface area contributed by atoms with Crippen LogP contribution in [0.2, 0.25) is 0 Å². The number of esters is 1. The quantitative estimate of drug-likeness (QED) is 0.230. The van der Waals surface area contributed by atoms with Crippen LogP contribution in [-0.2, 0) is 33.7 Å². The SMILES string of the molecule is COC(=O)c1ccc(CN2C(=O)C(=O)/C(=C(\O)c3ccc4c(c3)CCCC4)C2c2cccc(O)c2)cc1. The number of aromatic hydroxyl groups is 1. The average molecular weight is 498 g/mol. The number of fused-ring (bicyclic) bond motifs is 1. The molecule has 1 amide bonds. The van der Waals surface area contributed by atoms with Crippen LogP contribution in [0.3, 0.4) is 0 Å². The summed E-state index contributed by atoms with van der Waals surface area (Å²) in [5, 5.41) is 21.5. The molecule has 2 N–H and O–H groups in total. The molecule has 5 rings (SSSR count). The molecule has 1 atom stereocenters. The standard InChI is InChI=1S/C30H27NO6/c1-37-30(36)20-11-9-18(10-12-20)17-31-26(22-7-4-8-24(32)16-22)25(28(34)29(31)35)27(33)23-14-13-19-5-2-3-6-21(19)15-23/h4,7-16,26,32-33H,2-3,5-6,17H2,1H3/b27-25-. The van der Waals surface area contributed by atoms with Crippen LogP contribution in [0.4, 0.5) is 0 Å². The maximum Gasteiger partial charge on any atom is 0.337 e. The topological polar surface area (TPSA) is 104 Å². The second-order valence-electron chi connectivity index (χ2n) is 9.40. The Morgan fingerprint density at radius 2 is 1.65 bits per heavy atom. The number of Topliss-reactive ketones (excluding diaryl/α,β-unsaturated/α-hetero) is 1. The van der Waals surface area contributed by atoms with Crippen molar-refractivity contribution in [2.75, 3.05) is 7.11 Å². The first-order valence-corrected chi connectivity index (χ1v) is 12.2. The summed E-state index contributed by atoms with van der Waals surface area (Å²) in [6.07, 6.45) is 4.09. The minimum atomic E-state index is -0.900. The van der Waals surface area contributed by atoms with Crippen LogP contribution < -0.4 is 0 Å². The number of likely N-dealkylation sites (tertiary alicyclic amines) is 1. The van der Waals surface area contributed by atoms with Gasteiger partial charge in [-0.1, -0.05) is 36.4 Å². The number of benzene rings is 3. The van der Waals surface area contributed by atoms with Gasteiger partial charge >= 0.3 is 5.97 Å². The van der Waals surface area contributed by atoms with E-state index in [0.29, 0.717) is 22.3 Å². The van der Waals surface area contributed by atoms with Crippen molar-refractivity contribution in [2.45, 2.75) is 38.3 Å². The number of methoxy groups -OCH3 is 1. The number of ether oxygens (including phenoxy) is 1. The molecule has 0 radical (unpaired) electrons. The van der Waals surface area contributed by atoms with Gasteiger partial charge in [0.15, 0.2) is 0 Å². The van der Waals surface area contributed by atoms with E-state index in [4.69, 9.17) is 4.74 Å². The molecule has 3 aromatic rings. The first-order valence-electron chi connectivity index (χ1n) is 12.2. The Labute approximate surface area is 214 Å². The Morgan fingerprint density at radius 3 is 2.35 bits per heavy atom. The Morgan fingerprint density at radius 1 is 0.946 bits per heavy atom. The van der Waals surface area contributed by atoms with Crippen molar-refractivity contribution >= 4 is 23.4 Å². The predicted molar refractivity (Wildman–Crippen MR) is 137 cm³/mol. The lowest BCUT2D eigenvalue weighted by molar-refractivity contribution is -0.140. The largest absolute Gasteiger partial charge is 0.508 e. The average Bonchev–Trinajstić information content (AvgIpc) is 3.17. The maximum atomic E-state index is 13.3. The number of aryl methyl sites for hydroxylation is 2. The zero-order valence-electron chi connectivity index (χ0n) is 20.4. The van der Waals surface area contributed by atoms with Crippen LogP contribution in [0.25, 0.3) is 5.76 Å². The summed E-state index contributed by atoms with van der Waals surface area (Å²) in [6.45, 7) is 0.0628. The van der Waals surface area contributed by atoms with Crippen LogP contribution in [-0.4, -0.2) is 39.9 Å². The van der Waals surface area contributed by atoms with Gasteiger partial charge in [-0.05, 0) is 78.3 Å². The molecule has 0 spiro atoms. The van der Waals surface area contributed by atoms with E-state index in [0.717, 1.165) is 31.2 Å². The number of carbonyl (C=O) groups is 3. The zero-order valence-corrected chi connectivity index (χ0v) is 20.4. The number of nitrogens with zero attached hydrogens (tertiary/aromatic N) is 1. The number of rotatable bonds is 5. The first kappa shape index (κ1) is 24.3. The molecule has 0 saturated carbocycles. The summed E-state index contributed by atoms with van der Waals surface area (Å²) in [6, 6.07) is 17.7. The molecule has 1 saturated heterocycles. The number of amides is 1. The van der Waals surface area contributed by atoms with Gasteiger partial charge in [0.1, 0.15) is 11.5 Å². The van der Waals surface area contributed by atoms with Gasteiger partial charge in [0.05, 0.1) is 24.3 Å².